The number of hydrogen-bond donors (Lipinski definition) is 0. The van der Waals surface area contributed by atoms with E-state index in [9.17, 15) is 0 Å². The zero-order valence-corrected chi connectivity index (χ0v) is 9.77. The SMILES string of the molecule is CC(CC(C#N)C(C)C)c1ccccc1. The van der Waals surface area contributed by atoms with Gasteiger partial charge in [-0.15, -0.1) is 0 Å². The van der Waals surface area contributed by atoms with Crippen molar-refractivity contribution in [2.24, 2.45) is 11.8 Å². The summed E-state index contributed by atoms with van der Waals surface area (Å²) in [6.45, 7) is 6.43. The summed E-state index contributed by atoms with van der Waals surface area (Å²) in [6.07, 6.45) is 0.957. The van der Waals surface area contributed by atoms with E-state index in [1.165, 1.54) is 5.56 Å². The summed E-state index contributed by atoms with van der Waals surface area (Å²) < 4.78 is 0. The fourth-order valence-electron chi connectivity index (χ4n) is 1.77. The van der Waals surface area contributed by atoms with Crippen LogP contribution in [0.3, 0.4) is 0 Å². The van der Waals surface area contributed by atoms with Gasteiger partial charge in [-0.25, -0.2) is 0 Å². The minimum Gasteiger partial charge on any atom is -0.198 e. The van der Waals surface area contributed by atoms with E-state index in [-0.39, 0.29) is 5.92 Å². The highest BCUT2D eigenvalue weighted by Crippen LogP contribution is 2.26. The number of rotatable bonds is 4. The van der Waals surface area contributed by atoms with Crippen molar-refractivity contribution < 1.29 is 0 Å². The van der Waals surface area contributed by atoms with Gasteiger partial charge < -0.3 is 0 Å². The van der Waals surface area contributed by atoms with Crippen molar-refractivity contribution in [1.82, 2.24) is 0 Å². The van der Waals surface area contributed by atoms with Gasteiger partial charge >= 0.3 is 0 Å². The molecule has 1 aromatic rings. The Morgan fingerprint density at radius 3 is 2.20 bits per heavy atom. The Morgan fingerprint density at radius 2 is 1.73 bits per heavy atom. The minimum absolute atomic E-state index is 0.167. The van der Waals surface area contributed by atoms with Crippen molar-refractivity contribution in [2.75, 3.05) is 0 Å². The van der Waals surface area contributed by atoms with Gasteiger partial charge in [0.15, 0.2) is 0 Å². The van der Waals surface area contributed by atoms with Crippen LogP contribution in [0.25, 0.3) is 0 Å². The van der Waals surface area contributed by atoms with Crippen molar-refractivity contribution in [2.45, 2.75) is 33.1 Å². The molecule has 2 atom stereocenters. The number of benzene rings is 1. The lowest BCUT2D eigenvalue weighted by Crippen LogP contribution is -2.09. The van der Waals surface area contributed by atoms with Crippen LogP contribution in [0.5, 0.6) is 0 Å². The van der Waals surface area contributed by atoms with Crippen LogP contribution in [0, 0.1) is 23.2 Å². The summed E-state index contributed by atoms with van der Waals surface area (Å²) >= 11 is 0. The maximum Gasteiger partial charge on any atom is 0.0658 e. The highest BCUT2D eigenvalue weighted by atomic mass is 14.3. The Bertz CT molecular complexity index is 321. The van der Waals surface area contributed by atoms with Crippen LogP contribution in [-0.2, 0) is 0 Å². The van der Waals surface area contributed by atoms with Gasteiger partial charge in [-0.05, 0) is 23.8 Å². The standard InChI is InChI=1S/C14H19N/c1-11(2)14(10-15)9-12(3)13-7-5-4-6-8-13/h4-8,11-12,14H,9H2,1-3H3. The smallest absolute Gasteiger partial charge is 0.0658 e. The van der Waals surface area contributed by atoms with E-state index in [1.807, 2.05) is 6.07 Å². The normalized spacial score (nSPS) is 14.6. The maximum absolute atomic E-state index is 9.04. The van der Waals surface area contributed by atoms with E-state index in [0.717, 1.165) is 6.42 Å². The van der Waals surface area contributed by atoms with E-state index in [4.69, 9.17) is 5.26 Å². The molecule has 0 spiro atoms. The number of hydrogen-bond acceptors (Lipinski definition) is 1. The topological polar surface area (TPSA) is 23.8 Å². The molecule has 0 fully saturated rings. The van der Waals surface area contributed by atoms with Gasteiger partial charge in [0.1, 0.15) is 0 Å². The fourth-order valence-corrected chi connectivity index (χ4v) is 1.77. The second-order valence-electron chi connectivity index (χ2n) is 4.53. The monoisotopic (exact) mass is 201 g/mol. The van der Waals surface area contributed by atoms with Crippen molar-refractivity contribution in [1.29, 1.82) is 5.26 Å². The first-order chi connectivity index (χ1) is 7.15. The van der Waals surface area contributed by atoms with E-state index in [1.54, 1.807) is 0 Å². The van der Waals surface area contributed by atoms with Crippen molar-refractivity contribution in [3.63, 3.8) is 0 Å². The largest absolute Gasteiger partial charge is 0.198 e. The van der Waals surface area contributed by atoms with E-state index in [2.05, 4.69) is 51.1 Å². The summed E-state index contributed by atoms with van der Waals surface area (Å²) in [7, 11) is 0. The third-order valence-electron chi connectivity index (χ3n) is 2.95. The van der Waals surface area contributed by atoms with Gasteiger partial charge in [0.2, 0.25) is 0 Å². The van der Waals surface area contributed by atoms with Crippen LogP contribution in [0.2, 0.25) is 0 Å². The Morgan fingerprint density at radius 1 is 1.13 bits per heavy atom. The average Bonchev–Trinajstić information content (AvgIpc) is 2.26. The molecule has 0 aliphatic heterocycles. The molecule has 80 valence electrons. The molecule has 0 heterocycles. The molecule has 0 aliphatic carbocycles. The van der Waals surface area contributed by atoms with E-state index in [0.29, 0.717) is 11.8 Å². The molecule has 0 N–H and O–H groups in total. The summed E-state index contributed by atoms with van der Waals surface area (Å²) in [4.78, 5) is 0. The predicted octanol–water partition coefficient (Wildman–Crippen LogP) is 3.98. The fraction of sp³-hybridized carbons (Fsp3) is 0.500. The average molecular weight is 201 g/mol. The number of nitrogens with zero attached hydrogens (tertiary/aromatic N) is 1. The van der Waals surface area contributed by atoms with Gasteiger partial charge in [-0.3, -0.25) is 0 Å². The lowest BCUT2D eigenvalue weighted by atomic mass is 9.85. The Balaban J connectivity index is 2.64. The Labute approximate surface area is 92.7 Å². The summed E-state index contributed by atoms with van der Waals surface area (Å²) in [6, 6.07) is 12.8. The molecule has 1 aromatic carbocycles. The molecule has 0 aromatic heterocycles. The summed E-state index contributed by atoms with van der Waals surface area (Å²) in [5.74, 6) is 1.08. The molecule has 1 nitrogen and oxygen atoms in total. The molecule has 2 unspecified atom stereocenters. The molecular weight excluding hydrogens is 182 g/mol. The Hall–Kier alpha value is -1.29. The molecule has 1 heteroatoms. The summed E-state index contributed by atoms with van der Waals surface area (Å²) in [5.41, 5.74) is 1.33. The molecule has 0 saturated carbocycles. The Kier molecular flexibility index (Phi) is 4.37. The van der Waals surface area contributed by atoms with Crippen molar-refractivity contribution in [3.8, 4) is 6.07 Å². The first kappa shape index (κ1) is 11.8. The van der Waals surface area contributed by atoms with Gasteiger partial charge in [-0.1, -0.05) is 51.1 Å². The quantitative estimate of drug-likeness (QED) is 0.723. The van der Waals surface area contributed by atoms with Crippen LogP contribution in [0.1, 0.15) is 38.7 Å². The minimum atomic E-state index is 0.167. The molecule has 15 heavy (non-hydrogen) atoms. The zero-order valence-electron chi connectivity index (χ0n) is 9.77. The first-order valence-electron chi connectivity index (χ1n) is 5.59. The van der Waals surface area contributed by atoms with Crippen LogP contribution in [0.15, 0.2) is 30.3 Å². The van der Waals surface area contributed by atoms with Crippen LogP contribution < -0.4 is 0 Å². The maximum atomic E-state index is 9.04. The molecular formula is C14H19N. The zero-order chi connectivity index (χ0) is 11.3. The molecule has 0 bridgehead atoms. The number of nitriles is 1. The third-order valence-corrected chi connectivity index (χ3v) is 2.95. The molecule has 0 amide bonds. The lowest BCUT2D eigenvalue weighted by molar-refractivity contribution is 0.418. The molecule has 1 rings (SSSR count). The van der Waals surface area contributed by atoms with Crippen LogP contribution >= 0.6 is 0 Å². The molecule has 0 saturated heterocycles. The van der Waals surface area contributed by atoms with E-state index < -0.39 is 0 Å². The second kappa shape index (κ2) is 5.56. The van der Waals surface area contributed by atoms with Gasteiger partial charge in [0.25, 0.3) is 0 Å². The highest BCUT2D eigenvalue weighted by Gasteiger charge is 2.16. The second-order valence-corrected chi connectivity index (χ2v) is 4.53. The lowest BCUT2D eigenvalue weighted by Gasteiger charge is -2.18. The third kappa shape index (κ3) is 3.40. The highest BCUT2D eigenvalue weighted by molar-refractivity contribution is 5.19. The predicted molar refractivity (Wildman–Crippen MR) is 63.4 cm³/mol. The van der Waals surface area contributed by atoms with Crippen LogP contribution in [0.4, 0.5) is 0 Å². The van der Waals surface area contributed by atoms with Gasteiger partial charge in [0.05, 0.1) is 6.07 Å². The van der Waals surface area contributed by atoms with Gasteiger partial charge in [-0.2, -0.15) is 5.26 Å². The van der Waals surface area contributed by atoms with Crippen molar-refractivity contribution in [3.05, 3.63) is 35.9 Å². The molecule has 0 radical (unpaired) electrons. The van der Waals surface area contributed by atoms with Crippen molar-refractivity contribution >= 4 is 0 Å². The first-order valence-corrected chi connectivity index (χ1v) is 5.59. The van der Waals surface area contributed by atoms with E-state index >= 15 is 0 Å². The van der Waals surface area contributed by atoms with Crippen LogP contribution in [-0.4, -0.2) is 0 Å². The summed E-state index contributed by atoms with van der Waals surface area (Å²) in [5, 5.41) is 9.04. The molecule has 0 aliphatic rings. The van der Waals surface area contributed by atoms with Gasteiger partial charge in [0, 0.05) is 5.92 Å².